The van der Waals surface area contributed by atoms with Crippen LogP contribution in [0.15, 0.2) is 60.7 Å². The third-order valence-electron chi connectivity index (χ3n) is 4.58. The maximum atomic E-state index is 12.4. The van der Waals surface area contributed by atoms with Crippen molar-refractivity contribution in [3.05, 3.63) is 66.2 Å². The predicted octanol–water partition coefficient (Wildman–Crippen LogP) is 3.98. The monoisotopic (exact) mass is 379 g/mol. The van der Waals surface area contributed by atoms with Gasteiger partial charge in [0.1, 0.15) is 5.75 Å². The minimum atomic E-state index is -0.587. The molecule has 5 heteroatoms. The Balaban J connectivity index is 1.56. The average molecular weight is 379 g/mol. The molecule has 1 N–H and O–H groups in total. The van der Waals surface area contributed by atoms with Crippen molar-refractivity contribution in [3.63, 3.8) is 0 Å². The van der Waals surface area contributed by atoms with E-state index in [1.807, 2.05) is 60.7 Å². The van der Waals surface area contributed by atoms with Crippen molar-refractivity contribution in [3.8, 4) is 17.2 Å². The molecule has 0 aromatic heterocycles. The molecule has 146 valence electrons. The molecule has 1 atom stereocenters. The van der Waals surface area contributed by atoms with Gasteiger partial charge in [-0.25, -0.2) is 0 Å². The van der Waals surface area contributed by atoms with Crippen LogP contribution in [0.4, 0.5) is 0 Å². The topological polar surface area (TPSA) is 56.8 Å². The van der Waals surface area contributed by atoms with Gasteiger partial charge in [-0.1, -0.05) is 42.5 Å². The summed E-state index contributed by atoms with van der Waals surface area (Å²) in [5, 5.41) is 5.01. The lowest BCUT2D eigenvalue weighted by Crippen LogP contribution is -2.37. The van der Waals surface area contributed by atoms with Crippen molar-refractivity contribution in [2.24, 2.45) is 0 Å². The number of benzene rings is 3. The number of methoxy groups -OCH3 is 2. The average Bonchev–Trinajstić information content (AvgIpc) is 2.73. The molecule has 0 unspecified atom stereocenters. The van der Waals surface area contributed by atoms with Crippen molar-refractivity contribution in [2.45, 2.75) is 19.4 Å². The van der Waals surface area contributed by atoms with E-state index in [9.17, 15) is 4.79 Å². The zero-order chi connectivity index (χ0) is 19.9. The van der Waals surface area contributed by atoms with Crippen LogP contribution >= 0.6 is 0 Å². The molecule has 3 aromatic rings. The Morgan fingerprint density at radius 2 is 1.68 bits per heavy atom. The van der Waals surface area contributed by atoms with Crippen molar-refractivity contribution >= 4 is 16.7 Å². The van der Waals surface area contributed by atoms with Crippen LogP contribution in [0.25, 0.3) is 10.8 Å². The number of hydrogen-bond acceptors (Lipinski definition) is 4. The maximum Gasteiger partial charge on any atom is 0.260 e. The van der Waals surface area contributed by atoms with Crippen LogP contribution < -0.4 is 19.5 Å². The Bertz CT molecular complexity index is 949. The Morgan fingerprint density at radius 1 is 0.929 bits per heavy atom. The fraction of sp³-hybridized carbons (Fsp3) is 0.261. The van der Waals surface area contributed by atoms with E-state index in [1.54, 1.807) is 21.1 Å². The number of nitrogens with one attached hydrogen (secondary N) is 1. The molecule has 1 amide bonds. The third-order valence-corrected chi connectivity index (χ3v) is 4.58. The van der Waals surface area contributed by atoms with Crippen LogP contribution in [-0.2, 0) is 11.2 Å². The number of hydrogen-bond donors (Lipinski definition) is 1. The van der Waals surface area contributed by atoms with Crippen molar-refractivity contribution in [2.75, 3.05) is 20.8 Å². The number of carbonyl (C=O) groups excluding carboxylic acids is 1. The Kier molecular flexibility index (Phi) is 6.37. The second-order valence-electron chi connectivity index (χ2n) is 6.47. The van der Waals surface area contributed by atoms with E-state index in [-0.39, 0.29) is 5.91 Å². The number of ether oxygens (including phenoxy) is 3. The molecule has 0 bridgehead atoms. The molecule has 0 fully saturated rings. The van der Waals surface area contributed by atoms with Gasteiger partial charge in [0.2, 0.25) is 0 Å². The summed E-state index contributed by atoms with van der Waals surface area (Å²) in [7, 11) is 3.21. The molecule has 0 aliphatic carbocycles. The number of amides is 1. The van der Waals surface area contributed by atoms with E-state index in [0.29, 0.717) is 30.2 Å². The Morgan fingerprint density at radius 3 is 2.46 bits per heavy atom. The summed E-state index contributed by atoms with van der Waals surface area (Å²) in [4.78, 5) is 12.4. The molecule has 0 radical (unpaired) electrons. The first-order valence-corrected chi connectivity index (χ1v) is 9.25. The summed E-state index contributed by atoms with van der Waals surface area (Å²) < 4.78 is 16.5. The molecule has 0 heterocycles. The van der Waals surface area contributed by atoms with Gasteiger partial charge in [0.25, 0.3) is 5.91 Å². The molecule has 0 aliphatic heterocycles. The SMILES string of the molecule is COc1ccc(CCNC(=O)[C@H](C)Oc2cccc3ccccc23)cc1OC. The molecular formula is C23H25NO4. The molecule has 0 spiro atoms. The first-order valence-electron chi connectivity index (χ1n) is 9.25. The van der Waals surface area contributed by atoms with Crippen LogP contribution in [0.5, 0.6) is 17.2 Å². The maximum absolute atomic E-state index is 12.4. The van der Waals surface area contributed by atoms with Crippen LogP contribution in [0.3, 0.4) is 0 Å². The smallest absolute Gasteiger partial charge is 0.260 e. The normalized spacial score (nSPS) is 11.7. The van der Waals surface area contributed by atoms with E-state index < -0.39 is 6.10 Å². The van der Waals surface area contributed by atoms with Crippen LogP contribution in [-0.4, -0.2) is 32.8 Å². The standard InChI is InChI=1S/C23H25NO4/c1-16(28-20-10-6-8-18-7-4-5-9-19(18)20)23(25)24-14-13-17-11-12-21(26-2)22(15-17)27-3/h4-12,15-16H,13-14H2,1-3H3,(H,24,25)/t16-/m0/s1. The zero-order valence-electron chi connectivity index (χ0n) is 16.4. The van der Waals surface area contributed by atoms with Gasteiger partial charge in [0.15, 0.2) is 17.6 Å². The third kappa shape index (κ3) is 4.55. The molecule has 0 saturated heterocycles. The highest BCUT2D eigenvalue weighted by Gasteiger charge is 2.15. The first kappa shape index (κ1) is 19.5. The van der Waals surface area contributed by atoms with Crippen molar-refractivity contribution in [1.29, 1.82) is 0 Å². The van der Waals surface area contributed by atoms with Gasteiger partial charge >= 0.3 is 0 Å². The van der Waals surface area contributed by atoms with E-state index in [0.717, 1.165) is 16.3 Å². The quantitative estimate of drug-likeness (QED) is 0.643. The van der Waals surface area contributed by atoms with Gasteiger partial charge in [-0.3, -0.25) is 4.79 Å². The molecule has 3 aromatic carbocycles. The number of carbonyl (C=O) groups is 1. The largest absolute Gasteiger partial charge is 0.493 e. The van der Waals surface area contributed by atoms with E-state index in [4.69, 9.17) is 14.2 Å². The summed E-state index contributed by atoms with van der Waals surface area (Å²) in [6, 6.07) is 19.5. The highest BCUT2D eigenvalue weighted by molar-refractivity contribution is 5.89. The van der Waals surface area contributed by atoms with E-state index in [1.165, 1.54) is 0 Å². The number of rotatable bonds is 8. The van der Waals surface area contributed by atoms with Gasteiger partial charge < -0.3 is 19.5 Å². The summed E-state index contributed by atoms with van der Waals surface area (Å²) in [5.74, 6) is 1.93. The minimum absolute atomic E-state index is 0.145. The van der Waals surface area contributed by atoms with Crippen molar-refractivity contribution in [1.82, 2.24) is 5.32 Å². The molecule has 3 rings (SSSR count). The lowest BCUT2D eigenvalue weighted by Gasteiger charge is -2.16. The second kappa shape index (κ2) is 9.13. The van der Waals surface area contributed by atoms with Gasteiger partial charge in [-0.2, -0.15) is 0 Å². The molecule has 28 heavy (non-hydrogen) atoms. The summed E-state index contributed by atoms with van der Waals surface area (Å²) >= 11 is 0. The second-order valence-corrected chi connectivity index (χ2v) is 6.47. The van der Waals surface area contributed by atoms with Crippen molar-refractivity contribution < 1.29 is 19.0 Å². The summed E-state index contributed by atoms with van der Waals surface area (Å²) in [6.45, 7) is 2.27. The van der Waals surface area contributed by atoms with Gasteiger partial charge in [-0.05, 0) is 42.5 Å². The van der Waals surface area contributed by atoms with Gasteiger partial charge in [-0.15, -0.1) is 0 Å². The van der Waals surface area contributed by atoms with Gasteiger partial charge in [0, 0.05) is 11.9 Å². The van der Waals surface area contributed by atoms with Crippen LogP contribution in [0.2, 0.25) is 0 Å². The highest BCUT2D eigenvalue weighted by atomic mass is 16.5. The molecule has 5 nitrogen and oxygen atoms in total. The van der Waals surface area contributed by atoms with Gasteiger partial charge in [0.05, 0.1) is 14.2 Å². The first-order chi connectivity index (χ1) is 13.6. The Labute approximate surface area is 165 Å². The zero-order valence-corrected chi connectivity index (χ0v) is 16.4. The lowest BCUT2D eigenvalue weighted by atomic mass is 10.1. The molecule has 0 saturated carbocycles. The van der Waals surface area contributed by atoms with Crippen LogP contribution in [0, 0.1) is 0 Å². The highest BCUT2D eigenvalue weighted by Crippen LogP contribution is 2.28. The molecule has 0 aliphatic rings. The summed E-state index contributed by atoms with van der Waals surface area (Å²) in [6.07, 6.45) is 0.101. The lowest BCUT2D eigenvalue weighted by molar-refractivity contribution is -0.127. The fourth-order valence-corrected chi connectivity index (χ4v) is 3.05. The predicted molar refractivity (Wildman–Crippen MR) is 110 cm³/mol. The fourth-order valence-electron chi connectivity index (χ4n) is 3.05. The van der Waals surface area contributed by atoms with Crippen LogP contribution in [0.1, 0.15) is 12.5 Å². The number of fused-ring (bicyclic) bond motifs is 1. The van der Waals surface area contributed by atoms with E-state index in [2.05, 4.69) is 5.32 Å². The molecular weight excluding hydrogens is 354 g/mol. The Hall–Kier alpha value is -3.21. The van der Waals surface area contributed by atoms with E-state index >= 15 is 0 Å². The summed E-state index contributed by atoms with van der Waals surface area (Å²) in [5.41, 5.74) is 1.06. The minimum Gasteiger partial charge on any atom is -0.493 e.